The second-order valence-corrected chi connectivity index (χ2v) is 7.40. The topological polar surface area (TPSA) is 12.0 Å². The van der Waals surface area contributed by atoms with Crippen molar-refractivity contribution in [1.29, 1.82) is 0 Å². The zero-order chi connectivity index (χ0) is 12.7. The van der Waals surface area contributed by atoms with Gasteiger partial charge in [-0.1, -0.05) is 20.8 Å². The first-order valence-corrected chi connectivity index (χ1v) is 8.68. The van der Waals surface area contributed by atoms with E-state index < -0.39 is 0 Å². The van der Waals surface area contributed by atoms with Crippen molar-refractivity contribution in [3.8, 4) is 0 Å². The summed E-state index contributed by atoms with van der Waals surface area (Å²) >= 11 is 2.01. The minimum Gasteiger partial charge on any atom is -0.316 e. The molecule has 1 aliphatic rings. The van der Waals surface area contributed by atoms with Gasteiger partial charge in [-0.25, -0.2) is 0 Å². The number of nitrogens with one attached hydrogen (secondary N) is 1. The van der Waals surface area contributed by atoms with Crippen molar-refractivity contribution in [3.63, 3.8) is 0 Å². The third-order valence-electron chi connectivity index (χ3n) is 4.20. The van der Waals surface area contributed by atoms with E-state index in [1.807, 2.05) is 11.8 Å². The van der Waals surface area contributed by atoms with E-state index in [9.17, 15) is 0 Å². The fourth-order valence-corrected chi connectivity index (χ4v) is 3.67. The minimum absolute atomic E-state index is 0.588. The Balaban J connectivity index is 2.42. The van der Waals surface area contributed by atoms with Crippen molar-refractivity contribution in [2.75, 3.05) is 25.1 Å². The largest absolute Gasteiger partial charge is 0.316 e. The molecule has 0 saturated heterocycles. The lowest BCUT2D eigenvalue weighted by molar-refractivity contribution is 0.114. The van der Waals surface area contributed by atoms with Gasteiger partial charge in [-0.2, -0.15) is 11.8 Å². The van der Waals surface area contributed by atoms with Gasteiger partial charge in [0, 0.05) is 0 Å². The van der Waals surface area contributed by atoms with E-state index in [4.69, 9.17) is 0 Å². The summed E-state index contributed by atoms with van der Waals surface area (Å²) in [6.07, 6.45) is 9.20. The summed E-state index contributed by atoms with van der Waals surface area (Å²) in [5, 5.41) is 3.63. The maximum Gasteiger partial charge on any atom is -0.00179 e. The molecule has 17 heavy (non-hydrogen) atoms. The standard InChI is InChI=1S/C15H31NS/c1-5-9-16-12-14-6-8-15(2,3)11-13(14)7-10-17-4/h13-14,16H,5-12H2,1-4H3. The molecule has 2 unspecified atom stereocenters. The van der Waals surface area contributed by atoms with Crippen molar-refractivity contribution >= 4 is 11.8 Å². The molecule has 102 valence electrons. The number of thioether (sulfide) groups is 1. The highest BCUT2D eigenvalue weighted by molar-refractivity contribution is 7.98. The maximum absolute atomic E-state index is 3.63. The first kappa shape index (κ1) is 15.4. The van der Waals surface area contributed by atoms with Gasteiger partial charge in [-0.15, -0.1) is 0 Å². The van der Waals surface area contributed by atoms with Crippen LogP contribution in [-0.4, -0.2) is 25.1 Å². The quantitative estimate of drug-likeness (QED) is 0.687. The maximum atomic E-state index is 3.63. The highest BCUT2D eigenvalue weighted by Crippen LogP contribution is 2.43. The van der Waals surface area contributed by atoms with E-state index in [0.29, 0.717) is 5.41 Å². The molecule has 0 aromatic rings. The molecule has 1 N–H and O–H groups in total. The van der Waals surface area contributed by atoms with E-state index in [1.165, 1.54) is 50.9 Å². The average Bonchev–Trinajstić information content (AvgIpc) is 2.28. The van der Waals surface area contributed by atoms with Crippen molar-refractivity contribution in [3.05, 3.63) is 0 Å². The molecule has 0 bridgehead atoms. The average molecular weight is 257 g/mol. The van der Waals surface area contributed by atoms with E-state index in [0.717, 1.165) is 11.8 Å². The van der Waals surface area contributed by atoms with Gasteiger partial charge in [-0.05, 0) is 74.5 Å². The highest BCUT2D eigenvalue weighted by Gasteiger charge is 2.33. The molecule has 0 aromatic heterocycles. The van der Waals surface area contributed by atoms with Gasteiger partial charge in [0.05, 0.1) is 0 Å². The normalized spacial score (nSPS) is 28.2. The lowest BCUT2D eigenvalue weighted by Gasteiger charge is -2.41. The Hall–Kier alpha value is 0.310. The van der Waals surface area contributed by atoms with Crippen molar-refractivity contribution in [1.82, 2.24) is 5.32 Å². The molecule has 1 nitrogen and oxygen atoms in total. The van der Waals surface area contributed by atoms with Crippen LogP contribution in [0.3, 0.4) is 0 Å². The fourth-order valence-electron chi connectivity index (χ4n) is 3.13. The van der Waals surface area contributed by atoms with Crippen LogP contribution in [0.15, 0.2) is 0 Å². The highest BCUT2D eigenvalue weighted by atomic mass is 32.2. The van der Waals surface area contributed by atoms with Crippen LogP contribution in [0.25, 0.3) is 0 Å². The van der Waals surface area contributed by atoms with Crippen molar-refractivity contribution < 1.29 is 0 Å². The van der Waals surface area contributed by atoms with Crippen molar-refractivity contribution in [2.24, 2.45) is 17.3 Å². The molecule has 0 amide bonds. The summed E-state index contributed by atoms with van der Waals surface area (Å²) in [5.74, 6) is 3.22. The number of hydrogen-bond acceptors (Lipinski definition) is 2. The lowest BCUT2D eigenvalue weighted by atomic mass is 9.66. The second kappa shape index (κ2) is 7.68. The molecule has 0 spiro atoms. The predicted molar refractivity (Wildman–Crippen MR) is 80.8 cm³/mol. The second-order valence-electron chi connectivity index (χ2n) is 6.41. The minimum atomic E-state index is 0.588. The third kappa shape index (κ3) is 5.65. The SMILES string of the molecule is CCCNCC1CCC(C)(C)CC1CCSC. The Morgan fingerprint density at radius 1 is 1.29 bits per heavy atom. The molecule has 1 aliphatic carbocycles. The van der Waals surface area contributed by atoms with Crippen LogP contribution in [0.2, 0.25) is 0 Å². The van der Waals surface area contributed by atoms with Crippen LogP contribution in [0.1, 0.15) is 52.9 Å². The first-order valence-electron chi connectivity index (χ1n) is 7.28. The third-order valence-corrected chi connectivity index (χ3v) is 4.84. The Kier molecular flexibility index (Phi) is 6.94. The summed E-state index contributed by atoms with van der Waals surface area (Å²) in [7, 11) is 0. The van der Waals surface area contributed by atoms with Crippen molar-refractivity contribution in [2.45, 2.75) is 52.9 Å². The summed E-state index contributed by atoms with van der Waals surface area (Å²) in [5.41, 5.74) is 0.588. The molecule has 1 rings (SSSR count). The van der Waals surface area contributed by atoms with Crippen LogP contribution in [0.5, 0.6) is 0 Å². The molecule has 1 fully saturated rings. The molecular formula is C15H31NS. The Morgan fingerprint density at radius 2 is 2.06 bits per heavy atom. The number of rotatable bonds is 7. The molecule has 2 heteroatoms. The zero-order valence-electron chi connectivity index (χ0n) is 12.2. The monoisotopic (exact) mass is 257 g/mol. The van der Waals surface area contributed by atoms with Crippen LogP contribution in [-0.2, 0) is 0 Å². The van der Waals surface area contributed by atoms with E-state index >= 15 is 0 Å². The number of hydrogen-bond donors (Lipinski definition) is 1. The van der Waals surface area contributed by atoms with Gasteiger partial charge >= 0.3 is 0 Å². The molecule has 0 aliphatic heterocycles. The predicted octanol–water partition coefficient (Wildman–Crippen LogP) is 4.18. The van der Waals surface area contributed by atoms with E-state index in [1.54, 1.807) is 0 Å². The van der Waals surface area contributed by atoms with Crippen LogP contribution >= 0.6 is 11.8 Å². The first-order chi connectivity index (χ1) is 8.09. The van der Waals surface area contributed by atoms with Gasteiger partial charge in [0.2, 0.25) is 0 Å². The lowest BCUT2D eigenvalue weighted by Crippen LogP contribution is -2.36. The van der Waals surface area contributed by atoms with Crippen LogP contribution < -0.4 is 5.32 Å². The summed E-state index contributed by atoms with van der Waals surface area (Å²) < 4.78 is 0. The molecule has 2 atom stereocenters. The summed E-state index contributed by atoms with van der Waals surface area (Å²) in [4.78, 5) is 0. The van der Waals surface area contributed by atoms with E-state index in [-0.39, 0.29) is 0 Å². The molecule has 1 saturated carbocycles. The zero-order valence-corrected chi connectivity index (χ0v) is 13.0. The van der Waals surface area contributed by atoms with Gasteiger partial charge in [0.25, 0.3) is 0 Å². The molecule has 0 radical (unpaired) electrons. The Bertz CT molecular complexity index is 203. The van der Waals surface area contributed by atoms with Gasteiger partial charge in [0.1, 0.15) is 0 Å². The fraction of sp³-hybridized carbons (Fsp3) is 1.00. The molecule has 0 heterocycles. The smallest absolute Gasteiger partial charge is 0.00179 e. The van der Waals surface area contributed by atoms with Gasteiger partial charge in [0.15, 0.2) is 0 Å². The van der Waals surface area contributed by atoms with E-state index in [2.05, 4.69) is 32.3 Å². The van der Waals surface area contributed by atoms with Gasteiger partial charge in [-0.3, -0.25) is 0 Å². The Morgan fingerprint density at radius 3 is 2.71 bits per heavy atom. The summed E-state index contributed by atoms with van der Waals surface area (Å²) in [6, 6.07) is 0. The summed E-state index contributed by atoms with van der Waals surface area (Å²) in [6.45, 7) is 9.60. The van der Waals surface area contributed by atoms with Crippen LogP contribution in [0.4, 0.5) is 0 Å². The van der Waals surface area contributed by atoms with Crippen LogP contribution in [0, 0.1) is 17.3 Å². The molecular weight excluding hydrogens is 226 g/mol. The van der Waals surface area contributed by atoms with Gasteiger partial charge < -0.3 is 5.32 Å². The molecule has 0 aromatic carbocycles. The Labute approximate surface area is 113 Å².